The molecule has 61 heavy (non-hydrogen) atoms. The molecular weight excluding hydrogens is 812 g/mol. The maximum atomic E-state index is 11.1. The van der Waals surface area contributed by atoms with E-state index < -0.39 is 141 Å². The van der Waals surface area contributed by atoms with Crippen molar-refractivity contribution >= 4 is 0 Å². The summed E-state index contributed by atoms with van der Waals surface area (Å²) in [6.07, 6.45) is -19.1. The second-order valence-electron chi connectivity index (χ2n) is 17.0. The molecule has 4 aliphatic rings. The third kappa shape index (κ3) is 13.3. The van der Waals surface area contributed by atoms with Crippen molar-refractivity contribution in [3.05, 3.63) is 0 Å². The lowest BCUT2D eigenvalue weighted by Crippen LogP contribution is -2.68. The number of aliphatic hydroxyl groups is 8. The molecule has 0 spiro atoms. The Morgan fingerprint density at radius 1 is 0.574 bits per heavy atom. The van der Waals surface area contributed by atoms with E-state index in [1.807, 2.05) is 6.92 Å². The van der Waals surface area contributed by atoms with Gasteiger partial charge in [0.05, 0.1) is 49.7 Å². The van der Waals surface area contributed by atoms with Crippen molar-refractivity contribution in [3.63, 3.8) is 0 Å². The van der Waals surface area contributed by atoms with E-state index in [9.17, 15) is 40.9 Å². The summed E-state index contributed by atoms with van der Waals surface area (Å²) < 4.78 is 41.6. The molecule has 0 amide bonds. The highest BCUT2D eigenvalue weighted by molar-refractivity contribution is 5.02. The third-order valence-electron chi connectivity index (χ3n) is 12.0. The first-order chi connectivity index (χ1) is 28.7. The lowest BCUT2D eigenvalue weighted by molar-refractivity contribution is -0.292. The molecule has 21 unspecified atom stereocenters. The lowest BCUT2D eigenvalue weighted by Gasteiger charge is -2.47. The van der Waals surface area contributed by atoms with Crippen molar-refractivity contribution in [2.24, 2.45) is 45.9 Å². The Bertz CT molecular complexity index is 1280. The average molecular weight is 889 g/mol. The van der Waals surface area contributed by atoms with Gasteiger partial charge in [0.2, 0.25) is 0 Å². The van der Waals surface area contributed by atoms with Gasteiger partial charge in [0, 0.05) is 63.5 Å². The summed E-state index contributed by atoms with van der Waals surface area (Å²) in [5, 5.41) is 85.6. The van der Waals surface area contributed by atoms with E-state index in [0.717, 1.165) is 0 Å². The van der Waals surface area contributed by atoms with Gasteiger partial charge in [-0.3, -0.25) is 9.80 Å². The molecule has 2 saturated carbocycles. The predicted octanol–water partition coefficient (Wildman–Crippen LogP) is -10.2. The highest BCUT2D eigenvalue weighted by Gasteiger charge is 2.51. The highest BCUT2D eigenvalue weighted by Crippen LogP contribution is 2.30. The molecule has 23 atom stereocenters. The first kappa shape index (κ1) is 52.6. The molecule has 0 bridgehead atoms. The van der Waals surface area contributed by atoms with Crippen LogP contribution in [0.15, 0.2) is 0 Å². The molecule has 2 saturated heterocycles. The Hall–Kier alpha value is -1.00. The molecule has 24 N–H and O–H groups in total. The molecule has 25 nitrogen and oxygen atoms in total. The smallest absolute Gasteiger partial charge is 0.176 e. The van der Waals surface area contributed by atoms with Gasteiger partial charge in [-0.2, -0.15) is 0 Å². The first-order valence-electron chi connectivity index (χ1n) is 21.0. The zero-order valence-electron chi connectivity index (χ0n) is 35.3. The Morgan fingerprint density at radius 2 is 0.984 bits per heavy atom. The van der Waals surface area contributed by atoms with Gasteiger partial charge in [-0.15, -0.1) is 0 Å². The van der Waals surface area contributed by atoms with Crippen LogP contribution in [0.4, 0.5) is 0 Å². The summed E-state index contributed by atoms with van der Waals surface area (Å²) in [5.74, 6) is 0. The van der Waals surface area contributed by atoms with Crippen molar-refractivity contribution in [3.8, 4) is 0 Å². The molecule has 4 rings (SSSR count). The molecule has 0 aromatic carbocycles. The highest BCUT2D eigenvalue weighted by atomic mass is 16.7. The monoisotopic (exact) mass is 889 g/mol. The SMILES string of the molecule is CCOC(CN(C)C[C@@H](O)COC1C(O)C(N)CC(N)C1OC1OC(CN)C(O)C(O)C1N)N(C)C[C@H](O)COC1C(O)C(N)CC(N)C1OC1OC(CN)C(O)C(O)C1N. The average Bonchev–Trinajstić information content (AvgIpc) is 3.21. The van der Waals surface area contributed by atoms with E-state index in [2.05, 4.69) is 0 Å². The number of aliphatic hydroxyl groups excluding tert-OH is 8. The van der Waals surface area contributed by atoms with Crippen LogP contribution < -0.4 is 45.9 Å². The van der Waals surface area contributed by atoms with Crippen LogP contribution in [0.3, 0.4) is 0 Å². The van der Waals surface area contributed by atoms with Gasteiger partial charge in [-0.25, -0.2) is 0 Å². The molecule has 360 valence electrons. The molecule has 2 heterocycles. The van der Waals surface area contributed by atoms with Gasteiger partial charge < -0.3 is 120 Å². The van der Waals surface area contributed by atoms with E-state index in [-0.39, 0.29) is 58.8 Å². The topological polar surface area (TPSA) is 441 Å². The van der Waals surface area contributed by atoms with Crippen LogP contribution in [-0.4, -0.2) is 258 Å². The number of rotatable bonds is 21. The van der Waals surface area contributed by atoms with E-state index in [4.69, 9.17) is 79.0 Å². The normalized spacial score (nSPS) is 44.0. The minimum atomic E-state index is -1.41. The Labute approximate surface area is 356 Å². The van der Waals surface area contributed by atoms with Gasteiger partial charge in [0.15, 0.2) is 12.6 Å². The molecule has 2 aliphatic carbocycles. The fourth-order valence-corrected chi connectivity index (χ4v) is 8.34. The standard InChI is InChI=1S/C36H76N10O15/c1-4-55-22(46(3)10-15(48)13-57-34-26(50)17(40)6-19(42)32(34)61-36-24(44)30(54)28(52)21(8-38)59-36)11-45(2)9-14(47)12-56-33-25(49)16(39)5-18(41)31(33)60-35-23(43)29(53)27(51)20(7-37)58-35/h14-36,47-54H,4-13,37-44H2,1-3H3/t14-,15+,16?,17?,18?,19?,20?,21?,22?,23?,24?,25?,26?,27?,28?,29?,30?,31?,32?,33?,34?,35?,36?/m1/s1. The molecule has 0 aromatic rings. The summed E-state index contributed by atoms with van der Waals surface area (Å²) in [7, 11) is 3.48. The van der Waals surface area contributed by atoms with Crippen LogP contribution >= 0.6 is 0 Å². The fraction of sp³-hybridized carbons (Fsp3) is 1.00. The lowest BCUT2D eigenvalue weighted by atomic mass is 9.84. The van der Waals surface area contributed by atoms with Crippen molar-refractivity contribution in [2.75, 3.05) is 66.6 Å². The van der Waals surface area contributed by atoms with E-state index in [1.54, 1.807) is 23.9 Å². The number of nitrogens with two attached hydrogens (primary N) is 8. The zero-order chi connectivity index (χ0) is 45.5. The minimum Gasteiger partial charge on any atom is -0.389 e. The minimum absolute atomic E-state index is 0.0489. The third-order valence-corrected chi connectivity index (χ3v) is 12.0. The molecule has 25 heteroatoms. The van der Waals surface area contributed by atoms with Crippen molar-refractivity contribution in [1.29, 1.82) is 0 Å². The van der Waals surface area contributed by atoms with Crippen LogP contribution in [0.2, 0.25) is 0 Å². The van der Waals surface area contributed by atoms with Crippen LogP contribution in [0.25, 0.3) is 0 Å². The number of hydrogen-bond acceptors (Lipinski definition) is 25. The zero-order valence-corrected chi connectivity index (χ0v) is 35.3. The van der Waals surface area contributed by atoms with Crippen LogP contribution in [0.1, 0.15) is 19.8 Å². The molecule has 2 aliphatic heterocycles. The molecule has 0 radical (unpaired) electrons. The van der Waals surface area contributed by atoms with Gasteiger partial charge in [0.1, 0.15) is 67.3 Å². The number of hydrogen-bond donors (Lipinski definition) is 16. The Kier molecular flexibility index (Phi) is 20.7. The number of likely N-dealkylation sites (N-methyl/N-ethyl adjacent to an activating group) is 2. The summed E-state index contributed by atoms with van der Waals surface area (Å²) in [6.45, 7) is 1.75. The molecular formula is C36H76N10O15. The number of nitrogens with zero attached hydrogens (tertiary/aromatic N) is 2. The summed E-state index contributed by atoms with van der Waals surface area (Å²) in [6, 6.07) is -5.37. The van der Waals surface area contributed by atoms with Gasteiger partial charge in [0.25, 0.3) is 0 Å². The van der Waals surface area contributed by atoms with Gasteiger partial charge in [-0.1, -0.05) is 0 Å². The second kappa shape index (κ2) is 24.0. The largest absolute Gasteiger partial charge is 0.389 e. The van der Waals surface area contributed by atoms with E-state index in [1.165, 1.54) is 0 Å². The van der Waals surface area contributed by atoms with E-state index in [0.29, 0.717) is 6.61 Å². The molecule has 0 aromatic heterocycles. The van der Waals surface area contributed by atoms with E-state index >= 15 is 0 Å². The fourth-order valence-electron chi connectivity index (χ4n) is 8.34. The van der Waals surface area contributed by atoms with Crippen LogP contribution in [0, 0.1) is 0 Å². The summed E-state index contributed by atoms with van der Waals surface area (Å²) >= 11 is 0. The first-order valence-corrected chi connectivity index (χ1v) is 21.0. The summed E-state index contributed by atoms with van der Waals surface area (Å²) in [4.78, 5) is 3.54. The van der Waals surface area contributed by atoms with Crippen LogP contribution in [0.5, 0.6) is 0 Å². The van der Waals surface area contributed by atoms with Gasteiger partial charge in [-0.05, 0) is 33.9 Å². The van der Waals surface area contributed by atoms with Crippen LogP contribution in [-0.2, 0) is 33.2 Å². The predicted molar refractivity (Wildman–Crippen MR) is 215 cm³/mol. The van der Waals surface area contributed by atoms with Crippen molar-refractivity contribution in [2.45, 2.75) is 160 Å². The maximum absolute atomic E-state index is 11.1. The van der Waals surface area contributed by atoms with Crippen molar-refractivity contribution in [1.82, 2.24) is 9.80 Å². The Morgan fingerprint density at radius 3 is 1.38 bits per heavy atom. The van der Waals surface area contributed by atoms with Crippen molar-refractivity contribution < 1.29 is 74.0 Å². The maximum Gasteiger partial charge on any atom is 0.176 e. The summed E-state index contributed by atoms with van der Waals surface area (Å²) in [5.41, 5.74) is 48.7. The molecule has 4 fully saturated rings. The number of ether oxygens (including phenoxy) is 7. The quantitative estimate of drug-likeness (QED) is 0.0476. The second-order valence-corrected chi connectivity index (χ2v) is 17.0. The Balaban J connectivity index is 1.30. The van der Waals surface area contributed by atoms with Gasteiger partial charge >= 0.3 is 0 Å².